The number of H-pyrrole nitrogens is 1. The first-order valence-corrected chi connectivity index (χ1v) is 11.5. The number of fused-ring (bicyclic) bond motifs is 1. The normalized spacial score (nSPS) is 30.6. The first-order valence-electron chi connectivity index (χ1n) is 11.5. The lowest BCUT2D eigenvalue weighted by Gasteiger charge is -2.58. The molecule has 1 aromatic carbocycles. The Kier molecular flexibility index (Phi) is 4.50. The number of nitrogens with one attached hydrogen (secondary N) is 3. The van der Waals surface area contributed by atoms with Gasteiger partial charge >= 0.3 is 0 Å². The standard InChI is InChI=1S/C25H27FN4O2/c26-18-3-1-2-14(8-18)12-29-24(31)20-13-28-23-19(4-5-27-23)22(20)30-21-16-6-15-7-17(21)11-25(32,9-15)10-16/h1-5,8,13,15-17,21,32H,6-7,9-12H2,(H,29,31)(H2,27,28,30)/t15?,16?,17?,21-,25+. The zero-order chi connectivity index (χ0) is 21.9. The Labute approximate surface area is 185 Å². The summed E-state index contributed by atoms with van der Waals surface area (Å²) in [5.41, 5.74) is 2.22. The van der Waals surface area contributed by atoms with Crippen molar-refractivity contribution in [3.8, 4) is 0 Å². The third-order valence-corrected chi connectivity index (χ3v) is 7.73. The molecule has 4 aliphatic rings. The van der Waals surface area contributed by atoms with Crippen LogP contribution in [0.1, 0.15) is 48.0 Å². The molecule has 7 heteroatoms. The number of carbonyl (C=O) groups is 1. The SMILES string of the molecule is O=C(NCc1cccc(F)c1)c1cnc2[nH]ccc2c1N[C@H]1C2CC3CC1C[C@@](O)(C3)C2. The van der Waals surface area contributed by atoms with Crippen molar-refractivity contribution in [3.05, 3.63) is 59.7 Å². The van der Waals surface area contributed by atoms with Crippen LogP contribution in [0.15, 0.2) is 42.7 Å². The molecule has 3 aromatic rings. The van der Waals surface area contributed by atoms with Crippen LogP contribution in [-0.4, -0.2) is 32.6 Å². The highest BCUT2D eigenvalue weighted by molar-refractivity contribution is 6.06. The molecule has 4 saturated carbocycles. The van der Waals surface area contributed by atoms with E-state index in [-0.39, 0.29) is 24.3 Å². The van der Waals surface area contributed by atoms with E-state index in [1.165, 1.54) is 12.1 Å². The van der Waals surface area contributed by atoms with Gasteiger partial charge in [0.25, 0.3) is 5.91 Å². The third-order valence-electron chi connectivity index (χ3n) is 7.73. The second-order valence-electron chi connectivity index (χ2n) is 9.96. The van der Waals surface area contributed by atoms with Gasteiger partial charge in [0.05, 0.1) is 16.9 Å². The number of hydrogen-bond donors (Lipinski definition) is 4. The van der Waals surface area contributed by atoms with Crippen LogP contribution in [0.2, 0.25) is 0 Å². The van der Waals surface area contributed by atoms with Gasteiger partial charge in [0.2, 0.25) is 0 Å². The van der Waals surface area contributed by atoms with Gasteiger partial charge in [-0.15, -0.1) is 0 Å². The number of rotatable bonds is 5. The molecular weight excluding hydrogens is 407 g/mol. The van der Waals surface area contributed by atoms with E-state index in [9.17, 15) is 14.3 Å². The second-order valence-corrected chi connectivity index (χ2v) is 9.96. The average molecular weight is 435 g/mol. The minimum Gasteiger partial charge on any atom is -0.390 e. The highest BCUT2D eigenvalue weighted by Crippen LogP contribution is 2.56. The number of aromatic nitrogens is 2. The fraction of sp³-hybridized carbons (Fsp3) is 0.440. The van der Waals surface area contributed by atoms with E-state index in [0.29, 0.717) is 28.9 Å². The first-order chi connectivity index (χ1) is 15.5. The number of hydrogen-bond acceptors (Lipinski definition) is 4. The molecule has 4 aliphatic carbocycles. The molecule has 0 radical (unpaired) electrons. The van der Waals surface area contributed by atoms with Gasteiger partial charge < -0.3 is 20.7 Å². The van der Waals surface area contributed by atoms with Crippen molar-refractivity contribution in [1.29, 1.82) is 0 Å². The lowest BCUT2D eigenvalue weighted by Crippen LogP contribution is -2.59. The highest BCUT2D eigenvalue weighted by Gasteiger charge is 2.54. The molecule has 4 fully saturated rings. The summed E-state index contributed by atoms with van der Waals surface area (Å²) in [5, 5.41) is 18.5. The largest absolute Gasteiger partial charge is 0.390 e. The summed E-state index contributed by atoms with van der Waals surface area (Å²) in [6.07, 6.45) is 8.32. The lowest BCUT2D eigenvalue weighted by atomic mass is 9.52. The molecule has 7 rings (SSSR count). The predicted molar refractivity (Wildman–Crippen MR) is 120 cm³/mol. The summed E-state index contributed by atoms with van der Waals surface area (Å²) in [7, 11) is 0. The van der Waals surface area contributed by atoms with E-state index in [2.05, 4.69) is 20.6 Å². The van der Waals surface area contributed by atoms with Gasteiger partial charge in [0.1, 0.15) is 11.5 Å². The number of anilines is 1. The number of halogens is 1. The number of benzene rings is 1. The van der Waals surface area contributed by atoms with Crippen molar-refractivity contribution in [2.45, 2.75) is 50.3 Å². The van der Waals surface area contributed by atoms with Gasteiger partial charge in [-0.05, 0) is 73.6 Å². The minimum atomic E-state index is -0.499. The number of pyridine rings is 1. The molecule has 4 N–H and O–H groups in total. The number of carbonyl (C=O) groups excluding carboxylic acids is 1. The van der Waals surface area contributed by atoms with E-state index in [1.807, 2.05) is 12.3 Å². The molecule has 0 aliphatic heterocycles. The zero-order valence-corrected chi connectivity index (χ0v) is 17.8. The van der Waals surface area contributed by atoms with Crippen LogP contribution in [0.25, 0.3) is 11.0 Å². The van der Waals surface area contributed by atoms with Crippen LogP contribution >= 0.6 is 0 Å². The molecule has 4 bridgehead atoms. The molecule has 1 amide bonds. The van der Waals surface area contributed by atoms with Gasteiger partial charge in [-0.25, -0.2) is 9.37 Å². The Hall–Kier alpha value is -2.93. The molecule has 2 unspecified atom stereocenters. The Bertz CT molecular complexity index is 1180. The maximum absolute atomic E-state index is 13.5. The summed E-state index contributed by atoms with van der Waals surface area (Å²) in [4.78, 5) is 20.7. The van der Waals surface area contributed by atoms with Crippen molar-refractivity contribution in [2.24, 2.45) is 17.8 Å². The number of nitrogens with zero attached hydrogens (tertiary/aromatic N) is 1. The summed E-state index contributed by atoms with van der Waals surface area (Å²) in [5.74, 6) is 0.885. The molecule has 0 saturated heterocycles. The monoisotopic (exact) mass is 434 g/mol. The molecule has 0 spiro atoms. The van der Waals surface area contributed by atoms with Crippen LogP contribution in [0, 0.1) is 23.6 Å². The fourth-order valence-corrected chi connectivity index (χ4v) is 6.64. The molecule has 2 atom stereocenters. The van der Waals surface area contributed by atoms with E-state index >= 15 is 0 Å². The van der Waals surface area contributed by atoms with E-state index in [4.69, 9.17) is 0 Å². The van der Waals surface area contributed by atoms with Gasteiger partial charge in [-0.1, -0.05) is 12.1 Å². The summed E-state index contributed by atoms with van der Waals surface area (Å²) >= 11 is 0. The van der Waals surface area contributed by atoms with Crippen LogP contribution in [-0.2, 0) is 6.54 Å². The maximum Gasteiger partial charge on any atom is 0.255 e. The summed E-state index contributed by atoms with van der Waals surface area (Å²) in [6, 6.07) is 8.41. The first kappa shape index (κ1) is 19.7. The van der Waals surface area contributed by atoms with Crippen LogP contribution in [0.5, 0.6) is 0 Å². The Balaban J connectivity index is 1.29. The summed E-state index contributed by atoms with van der Waals surface area (Å²) < 4.78 is 13.5. The van der Waals surface area contributed by atoms with Gasteiger partial charge in [-0.2, -0.15) is 0 Å². The molecule has 2 aromatic heterocycles. The van der Waals surface area contributed by atoms with Crippen LogP contribution in [0.3, 0.4) is 0 Å². The minimum absolute atomic E-state index is 0.238. The quantitative estimate of drug-likeness (QED) is 0.489. The third kappa shape index (κ3) is 3.35. The average Bonchev–Trinajstić information content (AvgIpc) is 3.23. The van der Waals surface area contributed by atoms with Gasteiger partial charge in [0.15, 0.2) is 0 Å². The predicted octanol–water partition coefficient (Wildman–Crippen LogP) is 3.98. The topological polar surface area (TPSA) is 90.0 Å². The summed E-state index contributed by atoms with van der Waals surface area (Å²) in [6.45, 7) is 0.241. The van der Waals surface area contributed by atoms with Crippen molar-refractivity contribution in [2.75, 3.05) is 5.32 Å². The molecule has 32 heavy (non-hydrogen) atoms. The van der Waals surface area contributed by atoms with E-state index < -0.39 is 5.60 Å². The molecule has 166 valence electrons. The molecule has 2 heterocycles. The van der Waals surface area contributed by atoms with Crippen molar-refractivity contribution in [1.82, 2.24) is 15.3 Å². The fourth-order valence-electron chi connectivity index (χ4n) is 6.64. The highest BCUT2D eigenvalue weighted by atomic mass is 19.1. The van der Waals surface area contributed by atoms with Crippen molar-refractivity contribution < 1.29 is 14.3 Å². The van der Waals surface area contributed by atoms with E-state index in [1.54, 1.807) is 18.3 Å². The Morgan fingerprint density at radius 3 is 2.78 bits per heavy atom. The van der Waals surface area contributed by atoms with Crippen LogP contribution < -0.4 is 10.6 Å². The lowest BCUT2D eigenvalue weighted by molar-refractivity contribution is -0.129. The smallest absolute Gasteiger partial charge is 0.255 e. The van der Waals surface area contributed by atoms with E-state index in [0.717, 1.165) is 48.8 Å². The van der Waals surface area contributed by atoms with Gasteiger partial charge in [-0.3, -0.25) is 4.79 Å². The second kappa shape index (κ2) is 7.30. The Morgan fingerprint density at radius 2 is 2.03 bits per heavy atom. The van der Waals surface area contributed by atoms with Crippen molar-refractivity contribution >= 4 is 22.6 Å². The number of amides is 1. The zero-order valence-electron chi connectivity index (χ0n) is 17.8. The molecule has 6 nitrogen and oxygen atoms in total. The van der Waals surface area contributed by atoms with Crippen molar-refractivity contribution in [3.63, 3.8) is 0 Å². The number of aromatic amines is 1. The number of aliphatic hydroxyl groups is 1. The van der Waals surface area contributed by atoms with Crippen LogP contribution in [0.4, 0.5) is 10.1 Å². The maximum atomic E-state index is 13.5. The Morgan fingerprint density at radius 1 is 1.22 bits per heavy atom. The molecular formula is C25H27FN4O2. The van der Waals surface area contributed by atoms with Gasteiger partial charge in [0, 0.05) is 30.4 Å².